The highest BCUT2D eigenvalue weighted by Gasteiger charge is 2.58. The predicted molar refractivity (Wildman–Crippen MR) is 155 cm³/mol. The van der Waals surface area contributed by atoms with Gasteiger partial charge < -0.3 is 19.3 Å². The molecule has 3 aliphatic rings. The molecule has 0 spiro atoms. The molecule has 0 unspecified atom stereocenters. The van der Waals surface area contributed by atoms with Crippen molar-refractivity contribution in [3.63, 3.8) is 0 Å². The number of nitrogens with zero attached hydrogens (tertiary/aromatic N) is 2. The molecule has 3 amide bonds. The first-order chi connectivity index (χ1) is 20.4. The summed E-state index contributed by atoms with van der Waals surface area (Å²) in [5.41, 5.74) is 4.76. The molecule has 3 heterocycles. The molecule has 2 aromatic carbocycles. The van der Waals surface area contributed by atoms with Crippen molar-refractivity contribution in [1.29, 1.82) is 0 Å². The fraction of sp³-hybridized carbons (Fsp3) is 0.333. The predicted octanol–water partition coefficient (Wildman–Crippen LogP) is 4.99. The van der Waals surface area contributed by atoms with Gasteiger partial charge in [0.15, 0.2) is 0 Å². The maximum atomic E-state index is 13.3. The summed E-state index contributed by atoms with van der Waals surface area (Å²) >= 11 is 0. The number of likely N-dealkylation sites (tertiary alicyclic amines) is 1. The first-order valence-corrected chi connectivity index (χ1v) is 14.0. The Kier molecular flexibility index (Phi) is 7.62. The zero-order valence-electron chi connectivity index (χ0n) is 23.5. The fourth-order valence-electron chi connectivity index (χ4n) is 6.78. The number of benzene rings is 2. The van der Waals surface area contributed by atoms with Gasteiger partial charge in [-0.05, 0) is 71.2 Å². The summed E-state index contributed by atoms with van der Waals surface area (Å²) in [5.74, 6) is -2.42. The minimum absolute atomic E-state index is 0.228. The molecule has 1 aromatic heterocycles. The Morgan fingerprint density at radius 3 is 2.57 bits per heavy atom. The number of amides is 3. The number of carbonyl (C=O) groups is 3. The van der Waals surface area contributed by atoms with E-state index in [-0.39, 0.29) is 24.4 Å². The third-order valence-corrected chi connectivity index (χ3v) is 8.62. The molecule has 0 saturated carbocycles. The second-order valence-electron chi connectivity index (χ2n) is 10.9. The number of phenols is 1. The highest BCUT2D eigenvalue weighted by atomic mass is 16.5. The minimum atomic E-state index is -0.948. The van der Waals surface area contributed by atoms with E-state index in [0.29, 0.717) is 30.8 Å². The van der Waals surface area contributed by atoms with E-state index >= 15 is 0 Å². The normalized spacial score (nSPS) is 23.9. The molecule has 9 heteroatoms. The smallest absolute Gasteiger partial charge is 0.423 e. The number of rotatable bonds is 7. The van der Waals surface area contributed by atoms with Gasteiger partial charge in [-0.15, -0.1) is 0 Å². The first kappa shape index (κ1) is 27.8. The van der Waals surface area contributed by atoms with Crippen LogP contribution in [0.3, 0.4) is 0 Å². The van der Waals surface area contributed by atoms with Gasteiger partial charge in [-0.3, -0.25) is 14.6 Å². The highest BCUT2D eigenvalue weighted by Crippen LogP contribution is 2.50. The maximum absolute atomic E-state index is 13.3. The van der Waals surface area contributed by atoms with Crippen LogP contribution in [0.4, 0.5) is 4.79 Å². The minimum Gasteiger partial charge on any atom is -0.507 e. The topological polar surface area (TPSA) is 115 Å². The summed E-state index contributed by atoms with van der Waals surface area (Å²) in [7, 11) is 2.76. The van der Waals surface area contributed by atoms with Crippen molar-refractivity contribution in [3.05, 3.63) is 83.2 Å². The van der Waals surface area contributed by atoms with Gasteiger partial charge in [0.1, 0.15) is 5.75 Å². The van der Waals surface area contributed by atoms with Crippen LogP contribution >= 0.6 is 0 Å². The number of methoxy groups -OCH3 is 2. The number of imide groups is 3. The molecular formula is C33H32N2O7. The molecule has 9 nitrogen and oxygen atoms in total. The summed E-state index contributed by atoms with van der Waals surface area (Å²) in [6.07, 6.45) is 4.23. The summed E-state index contributed by atoms with van der Waals surface area (Å²) in [6.45, 7) is 0.602. The van der Waals surface area contributed by atoms with Crippen LogP contribution in [-0.2, 0) is 23.8 Å². The second kappa shape index (κ2) is 11.5. The lowest BCUT2D eigenvalue weighted by molar-refractivity contribution is -0.137. The second-order valence-corrected chi connectivity index (χ2v) is 10.9. The van der Waals surface area contributed by atoms with Crippen molar-refractivity contribution in [2.45, 2.75) is 25.4 Å². The van der Waals surface area contributed by atoms with E-state index in [9.17, 15) is 19.5 Å². The standard InChI is InChI=1S/C33H32N2O7/c1-40-17-21-16-24-30(32(38)35(31(24)37)33(39)41-2)25-18-42-28(29(21)25)13-11-20(26-9-5-6-14-34-26)15-19-10-12-27(36)23-8-4-3-7-22(19)23/h3-10,12,14-15,24-25,28,30,36H,11,13,16-18H2,1-2H3/b20-15-/t24-,25+,28-,30-/m1/s1. The molecule has 42 heavy (non-hydrogen) atoms. The maximum Gasteiger partial charge on any atom is 0.423 e. The number of pyridine rings is 1. The van der Waals surface area contributed by atoms with Crippen LogP contribution in [0.5, 0.6) is 5.75 Å². The Morgan fingerprint density at radius 1 is 1.05 bits per heavy atom. The number of allylic oxidation sites excluding steroid dienone is 1. The van der Waals surface area contributed by atoms with E-state index in [2.05, 4.69) is 11.1 Å². The largest absolute Gasteiger partial charge is 0.507 e. The molecule has 2 fully saturated rings. The average molecular weight is 569 g/mol. The Hall–Kier alpha value is -4.34. The zero-order chi connectivity index (χ0) is 29.4. The van der Waals surface area contributed by atoms with Gasteiger partial charge in [0, 0.05) is 24.6 Å². The van der Waals surface area contributed by atoms with Crippen LogP contribution < -0.4 is 0 Å². The Morgan fingerprint density at radius 2 is 1.83 bits per heavy atom. The molecular weight excluding hydrogens is 536 g/mol. The Labute approximate surface area is 243 Å². The number of ether oxygens (including phenoxy) is 3. The van der Waals surface area contributed by atoms with Crippen molar-refractivity contribution < 1.29 is 33.7 Å². The lowest BCUT2D eigenvalue weighted by Gasteiger charge is -2.31. The van der Waals surface area contributed by atoms with E-state index in [1.165, 1.54) is 0 Å². The van der Waals surface area contributed by atoms with E-state index in [0.717, 1.165) is 45.9 Å². The lowest BCUT2D eigenvalue weighted by atomic mass is 9.69. The molecule has 2 saturated heterocycles. The first-order valence-electron chi connectivity index (χ1n) is 14.0. The van der Waals surface area contributed by atoms with Crippen LogP contribution in [0.25, 0.3) is 22.4 Å². The quantitative estimate of drug-likeness (QED) is 0.313. The van der Waals surface area contributed by atoms with E-state index < -0.39 is 29.7 Å². The third kappa shape index (κ3) is 4.78. The van der Waals surface area contributed by atoms with Crippen LogP contribution in [0.2, 0.25) is 0 Å². The lowest BCUT2D eigenvalue weighted by Crippen LogP contribution is -2.38. The van der Waals surface area contributed by atoms with Gasteiger partial charge in [0.05, 0.1) is 44.0 Å². The van der Waals surface area contributed by atoms with Crippen molar-refractivity contribution in [3.8, 4) is 5.75 Å². The van der Waals surface area contributed by atoms with Crippen molar-refractivity contribution >= 4 is 40.3 Å². The van der Waals surface area contributed by atoms with E-state index in [1.807, 2.05) is 48.5 Å². The summed E-state index contributed by atoms with van der Waals surface area (Å²) in [5, 5.41) is 12.1. The molecule has 1 N–H and O–H groups in total. The van der Waals surface area contributed by atoms with Crippen molar-refractivity contribution in [1.82, 2.24) is 9.88 Å². The monoisotopic (exact) mass is 568 g/mol. The zero-order valence-corrected chi connectivity index (χ0v) is 23.5. The van der Waals surface area contributed by atoms with Gasteiger partial charge in [-0.2, -0.15) is 4.90 Å². The van der Waals surface area contributed by atoms with Crippen LogP contribution in [0, 0.1) is 17.8 Å². The van der Waals surface area contributed by atoms with Gasteiger partial charge in [-0.1, -0.05) is 36.4 Å². The van der Waals surface area contributed by atoms with Crippen LogP contribution in [-0.4, -0.2) is 66.4 Å². The number of hydrogen-bond donors (Lipinski definition) is 1. The van der Waals surface area contributed by atoms with Gasteiger partial charge in [-0.25, -0.2) is 4.79 Å². The van der Waals surface area contributed by atoms with Crippen LogP contribution in [0.1, 0.15) is 30.5 Å². The fourth-order valence-corrected chi connectivity index (χ4v) is 6.78. The molecule has 216 valence electrons. The number of fused-ring (bicyclic) bond motifs is 4. The molecule has 2 aliphatic heterocycles. The number of phenolic OH excluding ortho intramolecular Hbond substituents is 1. The number of aromatic nitrogens is 1. The summed E-state index contributed by atoms with van der Waals surface area (Å²) in [6, 6.07) is 17.1. The van der Waals surface area contributed by atoms with E-state index in [4.69, 9.17) is 14.2 Å². The molecule has 3 aromatic rings. The van der Waals surface area contributed by atoms with Gasteiger partial charge in [0.2, 0.25) is 11.8 Å². The summed E-state index contributed by atoms with van der Waals surface area (Å²) in [4.78, 5) is 43.9. The van der Waals surface area contributed by atoms with Crippen molar-refractivity contribution in [2.24, 2.45) is 17.8 Å². The molecule has 1 aliphatic carbocycles. The highest BCUT2D eigenvalue weighted by molar-refractivity contribution is 6.16. The average Bonchev–Trinajstić information content (AvgIpc) is 3.55. The SMILES string of the molecule is COCC1=C2[C@@H](CC/C(=C/c3ccc(O)c4ccccc34)c3ccccn3)OC[C@@H]2[C@@H]2C(=O)N(C(=O)OC)C(=O)[C@@H]2C1. The Bertz CT molecular complexity index is 1610. The van der Waals surface area contributed by atoms with Crippen molar-refractivity contribution in [2.75, 3.05) is 27.4 Å². The van der Waals surface area contributed by atoms with E-state index in [1.54, 1.807) is 19.4 Å². The number of aromatic hydroxyl groups is 1. The summed E-state index contributed by atoms with van der Waals surface area (Å²) < 4.78 is 16.6. The van der Waals surface area contributed by atoms with Crippen LogP contribution in [0.15, 0.2) is 71.9 Å². The van der Waals surface area contributed by atoms with Gasteiger partial charge >= 0.3 is 6.09 Å². The molecule has 0 radical (unpaired) electrons. The number of carbonyl (C=O) groups excluding carboxylic acids is 3. The molecule has 4 atom stereocenters. The Balaban J connectivity index is 1.32. The third-order valence-electron chi connectivity index (χ3n) is 8.62. The van der Waals surface area contributed by atoms with Gasteiger partial charge in [0.25, 0.3) is 0 Å². The molecule has 6 rings (SSSR count). The number of hydrogen-bond acceptors (Lipinski definition) is 8. The molecule has 0 bridgehead atoms.